The molecule has 0 radical (unpaired) electrons. The summed E-state index contributed by atoms with van der Waals surface area (Å²) in [6.45, 7) is 0. The first-order valence-electron chi connectivity index (χ1n) is 6.49. The van der Waals surface area contributed by atoms with E-state index >= 15 is 0 Å². The van der Waals surface area contributed by atoms with Crippen molar-refractivity contribution in [3.8, 4) is 27.6 Å². The lowest BCUT2D eigenvalue weighted by molar-refractivity contribution is 0.477. The number of aromatic hydroxyl groups is 1. The van der Waals surface area contributed by atoms with Gasteiger partial charge in [-0.05, 0) is 24.3 Å². The Morgan fingerprint density at radius 1 is 1.09 bits per heavy atom. The summed E-state index contributed by atoms with van der Waals surface area (Å²) in [5.41, 5.74) is 2.09. The highest BCUT2D eigenvalue weighted by molar-refractivity contribution is 7.90. The smallest absolute Gasteiger partial charge is 0.175 e. The van der Waals surface area contributed by atoms with E-state index in [4.69, 9.17) is 0 Å². The van der Waals surface area contributed by atoms with E-state index in [0.29, 0.717) is 16.3 Å². The topological polar surface area (TPSA) is 67.3 Å². The second kappa shape index (κ2) is 5.55. The highest BCUT2D eigenvalue weighted by Gasteiger charge is 2.12. The summed E-state index contributed by atoms with van der Waals surface area (Å²) in [4.78, 5) is 4.76. The minimum Gasteiger partial charge on any atom is -0.507 e. The fraction of sp³-hybridized carbons (Fsp3) is 0.0625. The number of hydrogen-bond donors (Lipinski definition) is 1. The number of benzene rings is 2. The maximum Gasteiger partial charge on any atom is 0.175 e. The van der Waals surface area contributed by atoms with Crippen LogP contribution in [0.15, 0.2) is 58.8 Å². The van der Waals surface area contributed by atoms with Crippen LogP contribution < -0.4 is 0 Å². The van der Waals surface area contributed by atoms with Crippen LogP contribution in [0.2, 0.25) is 0 Å². The molecule has 22 heavy (non-hydrogen) atoms. The monoisotopic (exact) mass is 331 g/mol. The molecule has 0 aliphatic heterocycles. The first-order valence-corrected chi connectivity index (χ1v) is 9.26. The first-order chi connectivity index (χ1) is 10.4. The van der Waals surface area contributed by atoms with Crippen molar-refractivity contribution in [1.29, 1.82) is 0 Å². The Bertz CT molecular complexity index is 930. The van der Waals surface area contributed by atoms with E-state index in [1.807, 2.05) is 17.5 Å². The molecule has 1 heterocycles. The predicted molar refractivity (Wildman–Crippen MR) is 87.8 cm³/mol. The summed E-state index contributed by atoms with van der Waals surface area (Å²) < 4.78 is 23.3. The van der Waals surface area contributed by atoms with Gasteiger partial charge in [-0.25, -0.2) is 13.4 Å². The zero-order valence-electron chi connectivity index (χ0n) is 11.7. The molecule has 0 saturated heterocycles. The maximum absolute atomic E-state index is 11.6. The summed E-state index contributed by atoms with van der Waals surface area (Å²) in [7, 11) is -3.25. The zero-order valence-corrected chi connectivity index (χ0v) is 13.4. The number of thiazole rings is 1. The third-order valence-corrected chi connectivity index (χ3v) is 5.18. The van der Waals surface area contributed by atoms with E-state index in [1.165, 1.54) is 17.6 Å². The van der Waals surface area contributed by atoms with Crippen LogP contribution in [0.25, 0.3) is 21.8 Å². The number of rotatable bonds is 3. The zero-order chi connectivity index (χ0) is 15.7. The summed E-state index contributed by atoms with van der Waals surface area (Å²) in [5, 5.41) is 12.4. The molecule has 1 N–H and O–H groups in total. The minimum absolute atomic E-state index is 0.174. The van der Waals surface area contributed by atoms with Gasteiger partial charge in [-0.1, -0.05) is 24.3 Å². The summed E-state index contributed by atoms with van der Waals surface area (Å²) in [6, 6.07) is 13.7. The van der Waals surface area contributed by atoms with Crippen LogP contribution in [0.4, 0.5) is 0 Å². The molecular weight excluding hydrogens is 318 g/mol. The highest BCUT2D eigenvalue weighted by atomic mass is 32.2. The van der Waals surface area contributed by atoms with Gasteiger partial charge in [0, 0.05) is 17.2 Å². The van der Waals surface area contributed by atoms with E-state index in [1.54, 1.807) is 36.4 Å². The minimum atomic E-state index is -3.25. The number of phenolic OH excluding ortho intramolecular Hbond substituents is 1. The standard InChI is InChI=1S/C16H13NO3S2/c1-22(19,20)12-6-4-5-11(9-12)14-10-21-16(17-14)13-7-2-3-8-15(13)18/h2-10,18H,1H3. The van der Waals surface area contributed by atoms with Crippen LogP contribution in [-0.4, -0.2) is 24.8 Å². The van der Waals surface area contributed by atoms with Crippen LogP contribution in [0, 0.1) is 0 Å². The Hall–Kier alpha value is -2.18. The van der Waals surface area contributed by atoms with E-state index in [-0.39, 0.29) is 10.6 Å². The van der Waals surface area contributed by atoms with Gasteiger partial charge in [0.1, 0.15) is 10.8 Å². The molecular formula is C16H13NO3S2. The van der Waals surface area contributed by atoms with Crippen molar-refractivity contribution in [3.63, 3.8) is 0 Å². The van der Waals surface area contributed by atoms with Crippen molar-refractivity contribution in [2.75, 3.05) is 6.26 Å². The molecule has 0 unspecified atom stereocenters. The summed E-state index contributed by atoms with van der Waals surface area (Å²) in [6.07, 6.45) is 1.18. The summed E-state index contributed by atoms with van der Waals surface area (Å²) in [5.74, 6) is 0.174. The van der Waals surface area contributed by atoms with Crippen LogP contribution in [-0.2, 0) is 9.84 Å². The van der Waals surface area contributed by atoms with Crippen LogP contribution >= 0.6 is 11.3 Å². The van der Waals surface area contributed by atoms with Crippen LogP contribution in [0.3, 0.4) is 0 Å². The lowest BCUT2D eigenvalue weighted by Gasteiger charge is -2.02. The lowest BCUT2D eigenvalue weighted by atomic mass is 10.2. The maximum atomic E-state index is 11.6. The molecule has 3 rings (SSSR count). The lowest BCUT2D eigenvalue weighted by Crippen LogP contribution is -1.96. The fourth-order valence-corrected chi connectivity index (χ4v) is 3.60. The number of para-hydroxylation sites is 1. The molecule has 6 heteroatoms. The van der Waals surface area contributed by atoms with E-state index in [9.17, 15) is 13.5 Å². The van der Waals surface area contributed by atoms with Gasteiger partial charge >= 0.3 is 0 Å². The van der Waals surface area contributed by atoms with Crippen molar-refractivity contribution in [2.45, 2.75) is 4.90 Å². The Kier molecular flexibility index (Phi) is 3.72. The van der Waals surface area contributed by atoms with Gasteiger partial charge in [-0.15, -0.1) is 11.3 Å². The van der Waals surface area contributed by atoms with Crippen molar-refractivity contribution in [1.82, 2.24) is 4.98 Å². The molecule has 0 saturated carbocycles. The molecule has 1 aromatic heterocycles. The number of aromatic nitrogens is 1. The molecule has 0 bridgehead atoms. The molecule has 0 aliphatic rings. The van der Waals surface area contributed by atoms with Crippen molar-refractivity contribution in [2.24, 2.45) is 0 Å². The van der Waals surface area contributed by atoms with Crippen molar-refractivity contribution < 1.29 is 13.5 Å². The third kappa shape index (κ3) is 2.88. The molecule has 112 valence electrons. The molecule has 0 amide bonds. The third-order valence-electron chi connectivity index (χ3n) is 3.20. The largest absolute Gasteiger partial charge is 0.507 e. The molecule has 0 spiro atoms. The molecule has 4 nitrogen and oxygen atoms in total. The normalized spacial score (nSPS) is 11.5. The van der Waals surface area contributed by atoms with Gasteiger partial charge < -0.3 is 5.11 Å². The Morgan fingerprint density at radius 3 is 2.59 bits per heavy atom. The number of nitrogens with zero attached hydrogens (tertiary/aromatic N) is 1. The highest BCUT2D eigenvalue weighted by Crippen LogP contribution is 2.34. The van der Waals surface area contributed by atoms with Crippen molar-refractivity contribution >= 4 is 21.2 Å². The predicted octanol–water partition coefficient (Wildman–Crippen LogP) is 3.59. The molecule has 0 aliphatic carbocycles. The van der Waals surface area contributed by atoms with Crippen LogP contribution in [0.5, 0.6) is 5.75 Å². The molecule has 0 atom stereocenters. The van der Waals surface area contributed by atoms with Gasteiger partial charge in [0.2, 0.25) is 0 Å². The number of sulfone groups is 1. The molecule has 2 aromatic carbocycles. The van der Waals surface area contributed by atoms with Gasteiger partial charge in [0.05, 0.1) is 16.2 Å². The summed E-state index contributed by atoms with van der Waals surface area (Å²) >= 11 is 1.40. The average Bonchev–Trinajstić information content (AvgIpc) is 2.97. The molecule has 0 fully saturated rings. The van der Waals surface area contributed by atoms with E-state index in [2.05, 4.69) is 4.98 Å². The average molecular weight is 331 g/mol. The second-order valence-electron chi connectivity index (χ2n) is 4.86. The Labute approximate surface area is 132 Å². The quantitative estimate of drug-likeness (QED) is 0.796. The molecule has 3 aromatic rings. The van der Waals surface area contributed by atoms with Gasteiger partial charge in [0.15, 0.2) is 9.84 Å². The number of hydrogen-bond acceptors (Lipinski definition) is 5. The van der Waals surface area contributed by atoms with Gasteiger partial charge in [0.25, 0.3) is 0 Å². The van der Waals surface area contributed by atoms with Crippen LogP contribution in [0.1, 0.15) is 0 Å². The Morgan fingerprint density at radius 2 is 1.86 bits per heavy atom. The second-order valence-corrected chi connectivity index (χ2v) is 7.73. The number of phenols is 1. The SMILES string of the molecule is CS(=O)(=O)c1cccc(-c2csc(-c3ccccc3O)n2)c1. The van der Waals surface area contributed by atoms with Gasteiger partial charge in [-0.3, -0.25) is 0 Å². The first kappa shape index (κ1) is 14.7. The Balaban J connectivity index is 2.03. The van der Waals surface area contributed by atoms with Gasteiger partial charge in [-0.2, -0.15) is 0 Å². The fourth-order valence-electron chi connectivity index (χ4n) is 2.07. The van der Waals surface area contributed by atoms with E-state index in [0.717, 1.165) is 5.56 Å². The van der Waals surface area contributed by atoms with E-state index < -0.39 is 9.84 Å². The van der Waals surface area contributed by atoms with Crippen molar-refractivity contribution in [3.05, 3.63) is 53.9 Å².